The Morgan fingerprint density at radius 3 is 2.38 bits per heavy atom. The molecule has 2 nitrogen and oxygen atoms in total. The van der Waals surface area contributed by atoms with Crippen molar-refractivity contribution >= 4 is 29.4 Å². The molecule has 3 heteroatoms. The zero-order valence-electron chi connectivity index (χ0n) is 6.81. The molecule has 0 aliphatic carbocycles. The summed E-state index contributed by atoms with van der Waals surface area (Å²) in [5, 5.41) is 2.11. The second kappa shape index (κ2) is 3.38. The molecule has 0 spiro atoms. The van der Waals surface area contributed by atoms with E-state index in [0.29, 0.717) is 4.46 Å². The van der Waals surface area contributed by atoms with Gasteiger partial charge in [-0.25, -0.2) is 0 Å². The van der Waals surface area contributed by atoms with Gasteiger partial charge in [0, 0.05) is 0 Å². The minimum absolute atomic E-state index is 0.540. The van der Waals surface area contributed by atoms with Gasteiger partial charge in [-0.15, -0.1) is 0 Å². The molecule has 0 aromatic heterocycles. The molecule has 0 saturated heterocycles. The number of benzene rings is 2. The van der Waals surface area contributed by atoms with E-state index < -0.39 is 14.2 Å². The Bertz CT molecular complexity index is 465. The number of hydrogen-bond acceptors (Lipinski definition) is 1. The first kappa shape index (κ1) is 8.57. The van der Waals surface area contributed by atoms with Gasteiger partial charge in [0.2, 0.25) is 0 Å². The van der Waals surface area contributed by atoms with Gasteiger partial charge in [-0.1, -0.05) is 0 Å². The molecule has 2 rings (SSSR count). The Labute approximate surface area is 80.2 Å². The summed E-state index contributed by atoms with van der Waals surface area (Å²) in [6, 6.07) is 13.1. The molecule has 0 radical (unpaired) electrons. The fourth-order valence-electron chi connectivity index (χ4n) is 1.28. The van der Waals surface area contributed by atoms with Crippen LogP contribution in [0.1, 0.15) is 0 Å². The molecule has 2 aromatic carbocycles. The summed E-state index contributed by atoms with van der Waals surface area (Å²) < 4.78 is 20.3. The normalized spacial score (nSPS) is 13.0. The van der Waals surface area contributed by atoms with E-state index >= 15 is 0 Å². The van der Waals surface area contributed by atoms with E-state index in [1.807, 2.05) is 30.3 Å². The van der Waals surface area contributed by atoms with Crippen LogP contribution in [-0.4, -0.2) is 18.4 Å². The molecule has 0 aliphatic heterocycles. The molecule has 0 heterocycles. The molecule has 1 N–H and O–H groups in total. The summed E-state index contributed by atoms with van der Waals surface area (Å²) in [6.45, 7) is 0. The fraction of sp³-hybridized carbons (Fsp3) is 0. The molecule has 0 amide bonds. The molecule has 13 heavy (non-hydrogen) atoms. The predicted octanol–water partition coefficient (Wildman–Crippen LogP) is 0.958. The second-order valence-corrected chi connectivity index (χ2v) is 4.79. The zero-order chi connectivity index (χ0) is 9.26. The van der Waals surface area contributed by atoms with Crippen molar-refractivity contribution < 1.29 is 8.02 Å². The third-order valence-electron chi connectivity index (χ3n) is 1.92. The van der Waals surface area contributed by atoms with Crippen LogP contribution in [0.5, 0.6) is 0 Å². The van der Waals surface area contributed by atoms with E-state index in [1.165, 1.54) is 0 Å². The topological polar surface area (TPSA) is 37.3 Å². The van der Waals surface area contributed by atoms with Crippen LogP contribution in [-0.2, 0) is 3.83 Å². The first-order valence-electron chi connectivity index (χ1n) is 3.87. The van der Waals surface area contributed by atoms with Crippen molar-refractivity contribution in [3.8, 4) is 0 Å². The van der Waals surface area contributed by atoms with E-state index in [4.69, 9.17) is 4.19 Å². The molecule has 66 valence electrons. The molecule has 0 fully saturated rings. The van der Waals surface area contributed by atoms with Crippen LogP contribution >= 0.6 is 0 Å². The zero-order valence-corrected chi connectivity index (χ0v) is 8.52. The van der Waals surface area contributed by atoms with Crippen LogP contribution < -0.4 is 4.46 Å². The predicted molar refractivity (Wildman–Crippen MR) is 52.2 cm³/mol. The number of hydrogen-bond donors (Lipinski definition) is 1. The minimum atomic E-state index is -2.76. The SMILES string of the molecule is O=[Se](O)c1ccc2ccccc2c1. The monoisotopic (exact) mass is 240 g/mol. The molecule has 0 aliphatic rings. The fourth-order valence-corrected chi connectivity index (χ4v) is 2.14. The molecule has 1 atom stereocenters. The average Bonchev–Trinajstić information content (AvgIpc) is 2.17. The van der Waals surface area contributed by atoms with Gasteiger partial charge in [0.25, 0.3) is 0 Å². The molecular formula is C10H8O2Se. The average molecular weight is 239 g/mol. The molecule has 2 aromatic rings. The Morgan fingerprint density at radius 2 is 1.69 bits per heavy atom. The van der Waals surface area contributed by atoms with Crippen LogP contribution in [0.15, 0.2) is 42.5 Å². The van der Waals surface area contributed by atoms with Crippen molar-refractivity contribution in [1.82, 2.24) is 0 Å². The Balaban J connectivity index is 2.69. The Morgan fingerprint density at radius 1 is 1.00 bits per heavy atom. The first-order valence-corrected chi connectivity index (χ1v) is 6.19. The summed E-state index contributed by atoms with van der Waals surface area (Å²) in [6.07, 6.45) is 0. The van der Waals surface area contributed by atoms with Crippen molar-refractivity contribution in [2.45, 2.75) is 0 Å². The number of fused-ring (bicyclic) bond motifs is 1. The van der Waals surface area contributed by atoms with Gasteiger partial charge in [-0.2, -0.15) is 0 Å². The Hall–Kier alpha value is -1.02. The maximum absolute atomic E-state index is 10.9. The van der Waals surface area contributed by atoms with Gasteiger partial charge in [-0.3, -0.25) is 0 Å². The van der Waals surface area contributed by atoms with Crippen LogP contribution in [0.3, 0.4) is 0 Å². The van der Waals surface area contributed by atoms with Gasteiger partial charge < -0.3 is 0 Å². The van der Waals surface area contributed by atoms with Crippen LogP contribution in [0.4, 0.5) is 0 Å². The second-order valence-electron chi connectivity index (χ2n) is 2.76. The van der Waals surface area contributed by atoms with Gasteiger partial charge in [0.1, 0.15) is 0 Å². The molecule has 1 unspecified atom stereocenters. The third kappa shape index (κ3) is 1.68. The van der Waals surface area contributed by atoms with Crippen molar-refractivity contribution in [1.29, 1.82) is 0 Å². The molecule has 0 bridgehead atoms. The van der Waals surface area contributed by atoms with Crippen molar-refractivity contribution in [3.63, 3.8) is 0 Å². The van der Waals surface area contributed by atoms with Gasteiger partial charge >= 0.3 is 79.9 Å². The summed E-state index contributed by atoms with van der Waals surface area (Å²) in [7, 11) is 0. The van der Waals surface area contributed by atoms with E-state index in [1.54, 1.807) is 12.1 Å². The summed E-state index contributed by atoms with van der Waals surface area (Å²) in [5.41, 5.74) is 0. The standard InChI is InChI=1S/C10H8O2Se/c11-13(12)10-6-5-8-3-1-2-4-9(8)7-10/h1-7H,(H,11,12). The number of rotatable bonds is 1. The summed E-state index contributed by atoms with van der Waals surface area (Å²) in [4.78, 5) is 0. The summed E-state index contributed by atoms with van der Waals surface area (Å²) >= 11 is -2.76. The first-order chi connectivity index (χ1) is 6.27. The van der Waals surface area contributed by atoms with Crippen LogP contribution in [0.25, 0.3) is 10.8 Å². The van der Waals surface area contributed by atoms with Gasteiger partial charge in [-0.05, 0) is 0 Å². The summed E-state index contributed by atoms with van der Waals surface area (Å²) in [5.74, 6) is 0. The Kier molecular flexibility index (Phi) is 2.23. The quantitative estimate of drug-likeness (QED) is 0.752. The van der Waals surface area contributed by atoms with Crippen LogP contribution in [0, 0.1) is 0 Å². The molecular weight excluding hydrogens is 231 g/mol. The van der Waals surface area contributed by atoms with Crippen LogP contribution in [0.2, 0.25) is 0 Å². The van der Waals surface area contributed by atoms with Crippen molar-refractivity contribution in [2.75, 3.05) is 0 Å². The third-order valence-corrected chi connectivity index (χ3v) is 3.30. The van der Waals surface area contributed by atoms with E-state index in [2.05, 4.69) is 0 Å². The maximum atomic E-state index is 10.9. The van der Waals surface area contributed by atoms with E-state index in [9.17, 15) is 3.83 Å². The van der Waals surface area contributed by atoms with E-state index in [0.717, 1.165) is 10.8 Å². The van der Waals surface area contributed by atoms with Crippen molar-refractivity contribution in [2.24, 2.45) is 0 Å². The van der Waals surface area contributed by atoms with Gasteiger partial charge in [0.05, 0.1) is 0 Å². The molecule has 0 saturated carbocycles. The van der Waals surface area contributed by atoms with E-state index in [-0.39, 0.29) is 0 Å². The van der Waals surface area contributed by atoms with Gasteiger partial charge in [0.15, 0.2) is 0 Å². The van der Waals surface area contributed by atoms with Crippen molar-refractivity contribution in [3.05, 3.63) is 42.5 Å².